The van der Waals surface area contributed by atoms with Gasteiger partial charge in [-0.05, 0) is 37.1 Å². The predicted octanol–water partition coefficient (Wildman–Crippen LogP) is 2.32. The molecule has 1 amide bonds. The average molecular weight is 367 g/mol. The van der Waals surface area contributed by atoms with Crippen LogP contribution in [0.15, 0.2) is 30.3 Å². The summed E-state index contributed by atoms with van der Waals surface area (Å²) in [4.78, 5) is 25.2. The first-order chi connectivity index (χ1) is 13.0. The lowest BCUT2D eigenvalue weighted by Crippen LogP contribution is -2.50. The van der Waals surface area contributed by atoms with Gasteiger partial charge in [0, 0.05) is 37.8 Å². The normalized spacial score (nSPS) is 15.3. The second-order valence-corrected chi connectivity index (χ2v) is 6.85. The lowest BCUT2D eigenvalue weighted by Gasteiger charge is -2.36. The molecule has 0 bridgehead atoms. The molecular weight excluding hydrogens is 345 g/mol. The quantitative estimate of drug-likeness (QED) is 0.829. The molecule has 27 heavy (non-hydrogen) atoms. The minimum absolute atomic E-state index is 0.0989. The van der Waals surface area contributed by atoms with E-state index >= 15 is 0 Å². The Morgan fingerprint density at radius 2 is 1.89 bits per heavy atom. The van der Waals surface area contributed by atoms with Crippen LogP contribution >= 0.6 is 0 Å². The van der Waals surface area contributed by atoms with Crippen LogP contribution in [-0.2, 0) is 11.2 Å². The number of carbonyl (C=O) groups is 1. The number of rotatable bonds is 4. The van der Waals surface area contributed by atoms with Gasteiger partial charge in [0.1, 0.15) is 17.6 Å². The van der Waals surface area contributed by atoms with Crippen molar-refractivity contribution in [2.24, 2.45) is 5.92 Å². The smallest absolute Gasteiger partial charge is 0.226 e. The Morgan fingerprint density at radius 1 is 1.22 bits per heavy atom. The van der Waals surface area contributed by atoms with Gasteiger partial charge in [0.2, 0.25) is 11.9 Å². The average Bonchev–Trinajstić information content (AvgIpc) is 2.68. The van der Waals surface area contributed by atoms with Crippen LogP contribution < -0.4 is 4.90 Å². The van der Waals surface area contributed by atoms with E-state index in [0.717, 1.165) is 11.3 Å². The molecule has 1 aromatic carbocycles. The molecule has 6 nitrogen and oxygen atoms in total. The Morgan fingerprint density at radius 3 is 2.52 bits per heavy atom. The van der Waals surface area contributed by atoms with Gasteiger partial charge in [-0.25, -0.2) is 14.4 Å². The van der Waals surface area contributed by atoms with Crippen LogP contribution in [0.5, 0.6) is 0 Å². The van der Waals surface area contributed by atoms with E-state index in [2.05, 4.69) is 16.0 Å². The summed E-state index contributed by atoms with van der Waals surface area (Å²) in [5.41, 5.74) is 2.06. The zero-order valence-electron chi connectivity index (χ0n) is 15.5. The highest BCUT2D eigenvalue weighted by Crippen LogP contribution is 2.17. The maximum atomic E-state index is 13.0. The van der Waals surface area contributed by atoms with Gasteiger partial charge in [0.15, 0.2) is 0 Å². The van der Waals surface area contributed by atoms with Gasteiger partial charge in [-0.2, -0.15) is 5.26 Å². The molecule has 0 spiro atoms. The molecular formula is C20H22FN5O. The summed E-state index contributed by atoms with van der Waals surface area (Å²) in [6.45, 7) is 6.17. The molecule has 0 saturated carbocycles. The van der Waals surface area contributed by atoms with Crippen molar-refractivity contribution in [3.05, 3.63) is 53.1 Å². The number of aryl methyl sites for hydroxylation is 1. The van der Waals surface area contributed by atoms with Crippen molar-refractivity contribution in [1.82, 2.24) is 14.9 Å². The molecule has 1 unspecified atom stereocenters. The third-order valence-electron chi connectivity index (χ3n) is 4.71. The molecule has 1 aliphatic rings. The molecule has 1 aromatic heterocycles. The summed E-state index contributed by atoms with van der Waals surface area (Å²) < 4.78 is 13.0. The van der Waals surface area contributed by atoms with E-state index in [9.17, 15) is 9.18 Å². The van der Waals surface area contributed by atoms with Gasteiger partial charge in [0.05, 0.1) is 0 Å². The van der Waals surface area contributed by atoms with E-state index in [4.69, 9.17) is 5.26 Å². The molecule has 1 aliphatic heterocycles. The third kappa shape index (κ3) is 4.59. The Kier molecular flexibility index (Phi) is 5.65. The maximum absolute atomic E-state index is 13.0. The van der Waals surface area contributed by atoms with Crippen molar-refractivity contribution in [3.8, 4) is 6.07 Å². The van der Waals surface area contributed by atoms with Crippen molar-refractivity contribution in [2.75, 3.05) is 31.1 Å². The number of piperazine rings is 1. The first kappa shape index (κ1) is 18.8. The van der Waals surface area contributed by atoms with Crippen molar-refractivity contribution >= 4 is 11.9 Å². The SMILES string of the molecule is Cc1cc(C#N)nc(N2CCN(C(=O)C(C)Cc3ccc(F)cc3)CC2)n1. The van der Waals surface area contributed by atoms with Crippen LogP contribution in [0.4, 0.5) is 10.3 Å². The molecule has 7 heteroatoms. The van der Waals surface area contributed by atoms with E-state index < -0.39 is 0 Å². The standard InChI is InChI=1S/C20H22FN5O/c1-14(11-16-3-5-17(21)6-4-16)19(27)25-7-9-26(10-8-25)20-23-15(2)12-18(13-22)24-20/h3-6,12,14H,7-11H2,1-2H3. The fourth-order valence-corrected chi connectivity index (χ4v) is 3.25. The number of aromatic nitrogens is 2. The Labute approximate surface area is 158 Å². The van der Waals surface area contributed by atoms with Crippen LogP contribution in [0, 0.1) is 30.0 Å². The van der Waals surface area contributed by atoms with Gasteiger partial charge >= 0.3 is 0 Å². The van der Waals surface area contributed by atoms with E-state index in [-0.39, 0.29) is 17.6 Å². The number of nitriles is 1. The summed E-state index contributed by atoms with van der Waals surface area (Å²) in [5.74, 6) is 0.203. The second-order valence-electron chi connectivity index (χ2n) is 6.85. The highest BCUT2D eigenvalue weighted by atomic mass is 19.1. The third-order valence-corrected chi connectivity index (χ3v) is 4.71. The number of benzene rings is 1. The molecule has 2 heterocycles. The first-order valence-corrected chi connectivity index (χ1v) is 9.00. The van der Waals surface area contributed by atoms with E-state index in [0.29, 0.717) is 44.2 Å². The molecule has 1 fully saturated rings. The maximum Gasteiger partial charge on any atom is 0.226 e. The number of anilines is 1. The molecule has 140 valence electrons. The van der Waals surface area contributed by atoms with Gasteiger partial charge in [-0.1, -0.05) is 19.1 Å². The molecule has 2 aromatic rings. The molecule has 3 rings (SSSR count). The summed E-state index contributed by atoms with van der Waals surface area (Å²) in [6.07, 6.45) is 0.589. The van der Waals surface area contributed by atoms with Crippen molar-refractivity contribution in [3.63, 3.8) is 0 Å². The van der Waals surface area contributed by atoms with E-state index in [1.54, 1.807) is 18.2 Å². The molecule has 0 aliphatic carbocycles. The lowest BCUT2D eigenvalue weighted by molar-refractivity contribution is -0.135. The predicted molar refractivity (Wildman–Crippen MR) is 99.5 cm³/mol. The van der Waals surface area contributed by atoms with Gasteiger partial charge in [-0.3, -0.25) is 4.79 Å². The summed E-state index contributed by atoms with van der Waals surface area (Å²) in [7, 11) is 0. The minimum atomic E-state index is -0.272. The van der Waals surface area contributed by atoms with Crippen molar-refractivity contribution in [1.29, 1.82) is 5.26 Å². The van der Waals surface area contributed by atoms with Crippen LogP contribution in [0.2, 0.25) is 0 Å². The highest BCUT2D eigenvalue weighted by molar-refractivity contribution is 5.79. The van der Waals surface area contributed by atoms with Crippen molar-refractivity contribution < 1.29 is 9.18 Å². The minimum Gasteiger partial charge on any atom is -0.339 e. The zero-order valence-corrected chi connectivity index (χ0v) is 15.5. The number of hydrogen-bond acceptors (Lipinski definition) is 5. The fourth-order valence-electron chi connectivity index (χ4n) is 3.25. The monoisotopic (exact) mass is 367 g/mol. The lowest BCUT2D eigenvalue weighted by atomic mass is 9.99. The van der Waals surface area contributed by atoms with Crippen LogP contribution in [0.25, 0.3) is 0 Å². The summed E-state index contributed by atoms with van der Waals surface area (Å²) >= 11 is 0. The van der Waals surface area contributed by atoms with E-state index in [1.807, 2.05) is 23.6 Å². The van der Waals surface area contributed by atoms with Crippen LogP contribution in [0.1, 0.15) is 23.9 Å². The number of amides is 1. The number of nitrogens with zero attached hydrogens (tertiary/aromatic N) is 5. The number of carbonyl (C=O) groups excluding carboxylic acids is 1. The zero-order chi connectivity index (χ0) is 19.4. The van der Waals surface area contributed by atoms with E-state index in [1.165, 1.54) is 12.1 Å². The molecule has 0 N–H and O–H groups in total. The van der Waals surface area contributed by atoms with Gasteiger partial charge in [0.25, 0.3) is 0 Å². The highest BCUT2D eigenvalue weighted by Gasteiger charge is 2.26. The first-order valence-electron chi connectivity index (χ1n) is 9.00. The largest absolute Gasteiger partial charge is 0.339 e. The Bertz CT molecular complexity index is 854. The van der Waals surface area contributed by atoms with Gasteiger partial charge < -0.3 is 9.80 Å². The summed E-state index contributed by atoms with van der Waals surface area (Å²) in [6, 6.07) is 9.98. The van der Waals surface area contributed by atoms with Crippen LogP contribution in [0.3, 0.4) is 0 Å². The van der Waals surface area contributed by atoms with Crippen molar-refractivity contribution in [2.45, 2.75) is 20.3 Å². The van der Waals surface area contributed by atoms with Gasteiger partial charge in [-0.15, -0.1) is 0 Å². The Balaban J connectivity index is 1.58. The summed E-state index contributed by atoms with van der Waals surface area (Å²) in [5, 5.41) is 9.06. The number of halogens is 1. The molecule has 1 atom stereocenters. The second kappa shape index (κ2) is 8.12. The molecule has 0 radical (unpaired) electrons. The van der Waals surface area contributed by atoms with Crippen LogP contribution in [-0.4, -0.2) is 47.0 Å². The number of hydrogen-bond donors (Lipinski definition) is 0. The Hall–Kier alpha value is -3.01. The fraction of sp³-hybridized carbons (Fsp3) is 0.400. The topological polar surface area (TPSA) is 73.1 Å². The molecule has 1 saturated heterocycles.